The second-order valence-electron chi connectivity index (χ2n) is 7.52. The van der Waals surface area contributed by atoms with E-state index in [-0.39, 0.29) is 11.8 Å². The molecule has 0 aliphatic rings. The van der Waals surface area contributed by atoms with Crippen LogP contribution in [0.2, 0.25) is 0 Å². The Hall–Kier alpha value is -1.90. The molecule has 0 fully saturated rings. The number of rotatable bonds is 4. The van der Waals surface area contributed by atoms with Crippen LogP contribution in [0.5, 0.6) is 0 Å². The zero-order chi connectivity index (χ0) is 17.7. The fourth-order valence-electron chi connectivity index (χ4n) is 2.08. The van der Waals surface area contributed by atoms with Gasteiger partial charge in [-0.15, -0.1) is 0 Å². The molecule has 1 atom stereocenters. The first-order valence-corrected chi connectivity index (χ1v) is 7.15. The Morgan fingerprint density at radius 3 is 1.91 bits per heavy atom. The summed E-state index contributed by atoms with van der Waals surface area (Å²) in [4.78, 5) is 37.9. The average molecular weight is 310 g/mol. The van der Waals surface area contributed by atoms with E-state index in [4.69, 9.17) is 10.00 Å². The second-order valence-corrected chi connectivity index (χ2v) is 7.52. The molecule has 0 N–H and O–H groups in total. The van der Waals surface area contributed by atoms with E-state index in [0.717, 1.165) is 4.90 Å². The third-order valence-corrected chi connectivity index (χ3v) is 2.95. The molecule has 0 bridgehead atoms. The second kappa shape index (κ2) is 7.39. The Morgan fingerprint density at radius 1 is 1.09 bits per heavy atom. The van der Waals surface area contributed by atoms with Crippen molar-refractivity contribution in [1.29, 1.82) is 5.26 Å². The number of amides is 2. The maximum Gasteiger partial charge on any atom is 0.329 e. The number of hydrogen-bond acceptors (Lipinski definition) is 5. The summed E-state index contributed by atoms with van der Waals surface area (Å²) in [6, 6.07) is 0.672. The molecule has 6 nitrogen and oxygen atoms in total. The molecule has 0 aromatic heterocycles. The lowest BCUT2D eigenvalue weighted by Gasteiger charge is -2.37. The van der Waals surface area contributed by atoms with E-state index in [0.29, 0.717) is 0 Å². The van der Waals surface area contributed by atoms with Crippen LogP contribution < -0.4 is 0 Å². The molecule has 6 heteroatoms. The molecule has 0 heterocycles. The van der Waals surface area contributed by atoms with Crippen LogP contribution in [-0.4, -0.2) is 35.8 Å². The van der Waals surface area contributed by atoms with Crippen molar-refractivity contribution in [2.24, 2.45) is 10.8 Å². The molecule has 0 aromatic rings. The normalized spacial score (nSPS) is 13.0. The number of carbonyl (C=O) groups is 3. The first-order valence-electron chi connectivity index (χ1n) is 7.15. The molecule has 22 heavy (non-hydrogen) atoms. The van der Waals surface area contributed by atoms with Crippen molar-refractivity contribution in [3.63, 3.8) is 0 Å². The lowest BCUT2D eigenvalue weighted by molar-refractivity contribution is -0.165. The molecule has 124 valence electrons. The first kappa shape index (κ1) is 20.1. The minimum Gasteiger partial charge on any atom is -0.467 e. The number of carbonyl (C=O) groups excluding carboxylic acids is 3. The SMILES string of the molecule is COC(=O)[C@H](N(C(=O)CC#N)C(=O)CC(C)(C)C)C(C)(C)C. The fraction of sp³-hybridized carbons (Fsp3) is 0.750. The van der Waals surface area contributed by atoms with Crippen molar-refractivity contribution >= 4 is 17.8 Å². The molecule has 0 aliphatic heterocycles. The van der Waals surface area contributed by atoms with Gasteiger partial charge < -0.3 is 4.74 Å². The summed E-state index contributed by atoms with van der Waals surface area (Å²) in [6.07, 6.45) is -0.368. The molecule has 0 unspecified atom stereocenters. The van der Waals surface area contributed by atoms with Gasteiger partial charge in [0.05, 0.1) is 13.2 Å². The predicted molar refractivity (Wildman–Crippen MR) is 81.4 cm³/mol. The first-order chi connectivity index (χ1) is 9.85. The highest BCUT2D eigenvalue weighted by Crippen LogP contribution is 2.29. The van der Waals surface area contributed by atoms with Gasteiger partial charge in [-0.3, -0.25) is 14.5 Å². The molecular weight excluding hydrogens is 284 g/mol. The number of methoxy groups -OCH3 is 1. The van der Waals surface area contributed by atoms with Gasteiger partial charge in [-0.25, -0.2) is 4.79 Å². The zero-order valence-corrected chi connectivity index (χ0v) is 14.5. The third-order valence-electron chi connectivity index (χ3n) is 2.95. The highest BCUT2D eigenvalue weighted by Gasteiger charge is 2.43. The van der Waals surface area contributed by atoms with Gasteiger partial charge in [0, 0.05) is 6.42 Å². The van der Waals surface area contributed by atoms with Gasteiger partial charge >= 0.3 is 5.97 Å². The van der Waals surface area contributed by atoms with Crippen LogP contribution in [-0.2, 0) is 19.1 Å². The molecule has 0 saturated carbocycles. The van der Waals surface area contributed by atoms with Crippen LogP contribution in [0, 0.1) is 22.2 Å². The molecular formula is C16H26N2O4. The molecule has 2 amide bonds. The summed E-state index contributed by atoms with van der Waals surface area (Å²) in [5.74, 6) is -1.82. The van der Waals surface area contributed by atoms with Crippen molar-refractivity contribution in [3.05, 3.63) is 0 Å². The highest BCUT2D eigenvalue weighted by molar-refractivity contribution is 6.00. The maximum absolute atomic E-state index is 12.6. The van der Waals surface area contributed by atoms with E-state index in [1.165, 1.54) is 7.11 Å². The third kappa shape index (κ3) is 5.84. The van der Waals surface area contributed by atoms with Gasteiger partial charge in [-0.05, 0) is 10.8 Å². The topological polar surface area (TPSA) is 87.5 Å². The summed E-state index contributed by atoms with van der Waals surface area (Å²) in [7, 11) is 1.21. The Kier molecular flexibility index (Phi) is 6.75. The van der Waals surface area contributed by atoms with Crippen LogP contribution in [0.15, 0.2) is 0 Å². The van der Waals surface area contributed by atoms with Crippen LogP contribution in [0.1, 0.15) is 54.4 Å². The zero-order valence-electron chi connectivity index (χ0n) is 14.5. The Labute approximate surface area is 132 Å². The van der Waals surface area contributed by atoms with Gasteiger partial charge in [0.25, 0.3) is 0 Å². The van der Waals surface area contributed by atoms with E-state index in [9.17, 15) is 14.4 Å². The van der Waals surface area contributed by atoms with E-state index >= 15 is 0 Å². The Morgan fingerprint density at radius 2 is 1.59 bits per heavy atom. The Bertz CT molecular complexity index is 478. The van der Waals surface area contributed by atoms with Crippen molar-refractivity contribution in [2.45, 2.75) is 60.4 Å². The fourth-order valence-corrected chi connectivity index (χ4v) is 2.08. The van der Waals surface area contributed by atoms with Crippen LogP contribution in [0.3, 0.4) is 0 Å². The summed E-state index contributed by atoms with van der Waals surface area (Å²) < 4.78 is 4.76. The minimum atomic E-state index is -1.06. The smallest absolute Gasteiger partial charge is 0.329 e. The highest BCUT2D eigenvalue weighted by atomic mass is 16.5. The van der Waals surface area contributed by atoms with Gasteiger partial charge in [-0.2, -0.15) is 5.26 Å². The van der Waals surface area contributed by atoms with Crippen molar-refractivity contribution in [1.82, 2.24) is 4.90 Å². The molecule has 0 aliphatic carbocycles. The number of imide groups is 1. The average Bonchev–Trinajstić information content (AvgIpc) is 2.31. The van der Waals surface area contributed by atoms with Crippen LogP contribution in [0.4, 0.5) is 0 Å². The quantitative estimate of drug-likeness (QED) is 0.743. The van der Waals surface area contributed by atoms with Crippen molar-refractivity contribution < 1.29 is 19.1 Å². The summed E-state index contributed by atoms with van der Waals surface area (Å²) in [6.45, 7) is 10.8. The molecule has 0 rings (SSSR count). The van der Waals surface area contributed by atoms with E-state index in [1.54, 1.807) is 26.8 Å². The van der Waals surface area contributed by atoms with Gasteiger partial charge in [-0.1, -0.05) is 41.5 Å². The number of nitriles is 1. The van der Waals surface area contributed by atoms with Crippen LogP contribution >= 0.6 is 0 Å². The molecule has 0 saturated heterocycles. The standard InChI is InChI=1S/C16H26N2O4/c1-15(2,3)10-12(20)18(11(19)8-9-17)13(14(21)22-7)16(4,5)6/h13H,8,10H2,1-7H3/t13-/m0/s1. The van der Waals surface area contributed by atoms with Gasteiger partial charge in [0.15, 0.2) is 0 Å². The molecule has 0 radical (unpaired) electrons. The predicted octanol–water partition coefficient (Wildman–Crippen LogP) is 2.28. The van der Waals surface area contributed by atoms with Gasteiger partial charge in [0.1, 0.15) is 12.5 Å². The van der Waals surface area contributed by atoms with Crippen molar-refractivity contribution in [3.8, 4) is 6.07 Å². The lowest BCUT2D eigenvalue weighted by atomic mass is 9.84. The lowest BCUT2D eigenvalue weighted by Crippen LogP contribution is -2.55. The number of nitrogens with zero attached hydrogens (tertiary/aromatic N) is 2. The van der Waals surface area contributed by atoms with Crippen LogP contribution in [0.25, 0.3) is 0 Å². The molecule has 0 aromatic carbocycles. The molecule has 0 spiro atoms. The summed E-state index contributed by atoms with van der Waals surface area (Å²) >= 11 is 0. The van der Waals surface area contributed by atoms with E-state index in [1.807, 2.05) is 20.8 Å². The van der Waals surface area contributed by atoms with Gasteiger partial charge in [0.2, 0.25) is 11.8 Å². The summed E-state index contributed by atoms with van der Waals surface area (Å²) in [5, 5.41) is 8.76. The minimum absolute atomic E-state index is 0.0910. The number of hydrogen-bond donors (Lipinski definition) is 0. The Balaban J connectivity index is 5.82. The number of ether oxygens (including phenoxy) is 1. The monoisotopic (exact) mass is 310 g/mol. The van der Waals surface area contributed by atoms with Crippen molar-refractivity contribution in [2.75, 3.05) is 7.11 Å². The van der Waals surface area contributed by atoms with E-state index in [2.05, 4.69) is 0 Å². The number of esters is 1. The maximum atomic E-state index is 12.6. The largest absolute Gasteiger partial charge is 0.467 e. The van der Waals surface area contributed by atoms with E-state index < -0.39 is 35.7 Å². The summed E-state index contributed by atoms with van der Waals surface area (Å²) in [5.41, 5.74) is -1.05.